The molecule has 0 saturated carbocycles. The number of carbonyl (C=O) groups excluding carboxylic acids is 1. The van der Waals surface area contributed by atoms with Crippen molar-refractivity contribution in [2.75, 3.05) is 5.32 Å². The van der Waals surface area contributed by atoms with Crippen molar-refractivity contribution < 1.29 is 4.79 Å². The van der Waals surface area contributed by atoms with Crippen molar-refractivity contribution in [2.45, 2.75) is 40.0 Å². The molecule has 0 atom stereocenters. The molecule has 0 aliphatic heterocycles. The molecule has 0 fully saturated rings. The topological polar surface area (TPSA) is 29.1 Å². The molecule has 1 amide bonds. The molecule has 0 spiro atoms. The van der Waals surface area contributed by atoms with Crippen molar-refractivity contribution in [3.05, 3.63) is 71.3 Å². The summed E-state index contributed by atoms with van der Waals surface area (Å²) < 4.78 is 0. The lowest BCUT2D eigenvalue weighted by molar-refractivity contribution is 0.102. The normalized spacial score (nSPS) is 11.9. The SMILES string of the molecule is CC(C)/C=C/c1ccc(C(=O)Nc2ccc(C(C)(C)C)cc2)cc1. The smallest absolute Gasteiger partial charge is 0.255 e. The van der Waals surface area contributed by atoms with Gasteiger partial charge in [-0.25, -0.2) is 0 Å². The van der Waals surface area contributed by atoms with Crippen LogP contribution in [0, 0.1) is 5.92 Å². The van der Waals surface area contributed by atoms with Gasteiger partial charge in [0.05, 0.1) is 0 Å². The van der Waals surface area contributed by atoms with Gasteiger partial charge in [0.15, 0.2) is 0 Å². The lowest BCUT2D eigenvalue weighted by atomic mass is 9.87. The maximum atomic E-state index is 12.3. The lowest BCUT2D eigenvalue weighted by Crippen LogP contribution is -2.13. The number of rotatable bonds is 4. The highest BCUT2D eigenvalue weighted by molar-refractivity contribution is 6.04. The summed E-state index contributed by atoms with van der Waals surface area (Å²) in [6.07, 6.45) is 4.23. The second-order valence-electron chi connectivity index (χ2n) is 7.51. The molecule has 2 heteroatoms. The van der Waals surface area contributed by atoms with Crippen LogP contribution in [0.3, 0.4) is 0 Å². The third-order valence-electron chi connectivity index (χ3n) is 3.86. The Morgan fingerprint density at radius 2 is 1.54 bits per heavy atom. The molecule has 0 radical (unpaired) electrons. The monoisotopic (exact) mass is 321 g/mol. The summed E-state index contributed by atoms with van der Waals surface area (Å²) in [5.41, 5.74) is 3.95. The van der Waals surface area contributed by atoms with Gasteiger partial charge in [-0.2, -0.15) is 0 Å². The van der Waals surface area contributed by atoms with E-state index < -0.39 is 0 Å². The van der Waals surface area contributed by atoms with Gasteiger partial charge in [-0.3, -0.25) is 4.79 Å². The molecular formula is C22H27NO. The number of amides is 1. The predicted octanol–water partition coefficient (Wildman–Crippen LogP) is 5.91. The van der Waals surface area contributed by atoms with E-state index in [1.807, 2.05) is 36.4 Å². The van der Waals surface area contributed by atoms with Gasteiger partial charge in [-0.1, -0.05) is 71.0 Å². The van der Waals surface area contributed by atoms with Crippen LogP contribution in [0.5, 0.6) is 0 Å². The fourth-order valence-electron chi connectivity index (χ4n) is 2.31. The number of nitrogens with one attached hydrogen (secondary N) is 1. The van der Waals surface area contributed by atoms with Crippen LogP contribution in [0.4, 0.5) is 5.69 Å². The number of hydrogen-bond donors (Lipinski definition) is 1. The molecule has 0 saturated heterocycles. The Balaban J connectivity index is 2.04. The van der Waals surface area contributed by atoms with E-state index in [4.69, 9.17) is 0 Å². The third-order valence-corrected chi connectivity index (χ3v) is 3.86. The molecule has 24 heavy (non-hydrogen) atoms. The van der Waals surface area contributed by atoms with Crippen LogP contribution in [-0.4, -0.2) is 5.91 Å². The molecule has 0 bridgehead atoms. The summed E-state index contributed by atoms with van der Waals surface area (Å²) >= 11 is 0. The highest BCUT2D eigenvalue weighted by atomic mass is 16.1. The largest absolute Gasteiger partial charge is 0.322 e. The number of allylic oxidation sites excluding steroid dienone is 1. The van der Waals surface area contributed by atoms with E-state index in [-0.39, 0.29) is 11.3 Å². The second kappa shape index (κ2) is 7.48. The summed E-state index contributed by atoms with van der Waals surface area (Å²) in [6, 6.07) is 15.7. The van der Waals surface area contributed by atoms with Crippen molar-refractivity contribution in [1.82, 2.24) is 0 Å². The molecule has 2 rings (SSSR count). The highest BCUT2D eigenvalue weighted by Crippen LogP contribution is 2.23. The third kappa shape index (κ3) is 5.09. The first-order valence-corrected chi connectivity index (χ1v) is 8.46. The van der Waals surface area contributed by atoms with E-state index in [2.05, 4.69) is 64.2 Å². The van der Waals surface area contributed by atoms with Crippen LogP contribution in [0.15, 0.2) is 54.6 Å². The van der Waals surface area contributed by atoms with Crippen LogP contribution in [0.25, 0.3) is 6.08 Å². The Labute approximate surface area is 145 Å². The van der Waals surface area contributed by atoms with Gasteiger partial charge < -0.3 is 5.32 Å². The van der Waals surface area contributed by atoms with Gasteiger partial charge in [0.2, 0.25) is 0 Å². The quantitative estimate of drug-likeness (QED) is 0.745. The summed E-state index contributed by atoms with van der Waals surface area (Å²) in [5, 5.41) is 2.95. The van der Waals surface area contributed by atoms with E-state index in [9.17, 15) is 4.79 Å². The fourth-order valence-corrected chi connectivity index (χ4v) is 2.31. The zero-order valence-electron chi connectivity index (χ0n) is 15.3. The van der Waals surface area contributed by atoms with Gasteiger partial charge in [0.25, 0.3) is 5.91 Å². The molecule has 2 nitrogen and oxygen atoms in total. The van der Waals surface area contributed by atoms with Crippen molar-refractivity contribution in [3.8, 4) is 0 Å². The molecule has 0 unspecified atom stereocenters. The fraction of sp³-hybridized carbons (Fsp3) is 0.318. The van der Waals surface area contributed by atoms with E-state index in [1.54, 1.807) is 0 Å². The predicted molar refractivity (Wildman–Crippen MR) is 103 cm³/mol. The Hall–Kier alpha value is -2.35. The van der Waals surface area contributed by atoms with Crippen LogP contribution < -0.4 is 5.32 Å². The van der Waals surface area contributed by atoms with E-state index >= 15 is 0 Å². The van der Waals surface area contributed by atoms with Gasteiger partial charge in [0, 0.05) is 11.3 Å². The zero-order valence-corrected chi connectivity index (χ0v) is 15.3. The first kappa shape index (κ1) is 18.0. The summed E-state index contributed by atoms with van der Waals surface area (Å²) in [7, 11) is 0. The molecule has 126 valence electrons. The number of anilines is 1. The average Bonchev–Trinajstić information content (AvgIpc) is 2.53. The highest BCUT2D eigenvalue weighted by Gasteiger charge is 2.13. The molecule has 2 aromatic carbocycles. The Morgan fingerprint density at radius 3 is 2.04 bits per heavy atom. The first-order valence-electron chi connectivity index (χ1n) is 8.46. The summed E-state index contributed by atoms with van der Waals surface area (Å²) in [6.45, 7) is 10.8. The van der Waals surface area contributed by atoms with Gasteiger partial charge in [-0.05, 0) is 46.7 Å². The maximum Gasteiger partial charge on any atom is 0.255 e. The standard InChI is InChI=1S/C22H27NO/c1-16(2)6-7-17-8-10-18(11-9-17)21(24)23-20-14-12-19(13-15-20)22(3,4)5/h6-16H,1-5H3,(H,23,24)/b7-6+. The summed E-state index contributed by atoms with van der Waals surface area (Å²) in [4.78, 5) is 12.3. The lowest BCUT2D eigenvalue weighted by Gasteiger charge is -2.19. The molecule has 0 aliphatic carbocycles. The van der Waals surface area contributed by atoms with Crippen LogP contribution in [-0.2, 0) is 5.41 Å². The van der Waals surface area contributed by atoms with Crippen LogP contribution in [0.1, 0.15) is 56.1 Å². The molecule has 2 aromatic rings. The minimum Gasteiger partial charge on any atom is -0.322 e. The van der Waals surface area contributed by atoms with Gasteiger partial charge in [-0.15, -0.1) is 0 Å². The molecule has 0 aliphatic rings. The van der Waals surface area contributed by atoms with Gasteiger partial charge >= 0.3 is 0 Å². The van der Waals surface area contributed by atoms with E-state index in [0.717, 1.165) is 11.3 Å². The number of benzene rings is 2. The van der Waals surface area contributed by atoms with Crippen molar-refractivity contribution in [3.63, 3.8) is 0 Å². The van der Waals surface area contributed by atoms with E-state index in [0.29, 0.717) is 11.5 Å². The minimum atomic E-state index is -0.0853. The molecule has 0 heterocycles. The second-order valence-corrected chi connectivity index (χ2v) is 7.51. The molecular weight excluding hydrogens is 294 g/mol. The van der Waals surface area contributed by atoms with Crippen LogP contribution >= 0.6 is 0 Å². The van der Waals surface area contributed by atoms with Crippen molar-refractivity contribution >= 4 is 17.7 Å². The maximum absolute atomic E-state index is 12.3. The molecule has 0 aromatic heterocycles. The Kier molecular flexibility index (Phi) is 5.61. The van der Waals surface area contributed by atoms with Crippen molar-refractivity contribution in [1.29, 1.82) is 0 Å². The number of carbonyl (C=O) groups is 1. The molecule has 1 N–H and O–H groups in total. The minimum absolute atomic E-state index is 0.0853. The zero-order chi connectivity index (χ0) is 17.7. The van der Waals surface area contributed by atoms with Crippen molar-refractivity contribution in [2.24, 2.45) is 5.92 Å². The Morgan fingerprint density at radius 1 is 0.958 bits per heavy atom. The van der Waals surface area contributed by atoms with Crippen LogP contribution in [0.2, 0.25) is 0 Å². The van der Waals surface area contributed by atoms with E-state index in [1.165, 1.54) is 5.56 Å². The first-order chi connectivity index (χ1) is 11.3. The van der Waals surface area contributed by atoms with Gasteiger partial charge in [0.1, 0.15) is 0 Å². The Bertz CT molecular complexity index is 701. The average molecular weight is 321 g/mol. The number of hydrogen-bond acceptors (Lipinski definition) is 1. The summed E-state index contributed by atoms with van der Waals surface area (Å²) in [5.74, 6) is 0.432.